The predicted octanol–water partition coefficient (Wildman–Crippen LogP) is 12.8. The molecule has 0 rings (SSSR count). The average Bonchev–Trinajstić information content (AvgIpc) is 3.12. The van der Waals surface area contributed by atoms with E-state index in [1.54, 1.807) is 41.5 Å². The Morgan fingerprint density at radius 3 is 0.696 bits per heavy atom. The highest BCUT2D eigenvalue weighted by Crippen LogP contribution is 2.34. The maximum absolute atomic E-state index is 13.9. The number of Topliss-reactive ketones (excluding diaryl/α,β-unsaturated/α-hetero) is 2. The Bertz CT molecular complexity index is 959. The van der Waals surface area contributed by atoms with Gasteiger partial charge in [0, 0.05) is 12.8 Å². The third-order valence-electron chi connectivity index (χ3n) is 10.7. The van der Waals surface area contributed by atoms with Crippen molar-refractivity contribution in [3.05, 3.63) is 0 Å². The van der Waals surface area contributed by atoms with Crippen LogP contribution >= 0.6 is 0 Å². The fraction of sp³-hybridized carbons (Fsp3) is 0.917. The smallest absolute Gasteiger partial charge is 0.350 e. The topological polar surface area (TPSA) is 127 Å². The lowest BCUT2D eigenvalue weighted by Gasteiger charge is -2.39. The molecule has 0 spiro atoms. The van der Waals surface area contributed by atoms with Gasteiger partial charge in [-0.2, -0.15) is 0 Å². The van der Waals surface area contributed by atoms with Crippen LogP contribution in [-0.2, 0) is 28.7 Å². The molecule has 330 valence electrons. The molecule has 0 amide bonds. The van der Waals surface area contributed by atoms with Crippen LogP contribution in [0.1, 0.15) is 261 Å². The van der Waals surface area contributed by atoms with E-state index in [2.05, 4.69) is 13.8 Å². The lowest BCUT2D eigenvalue weighted by Crippen LogP contribution is -2.73. The van der Waals surface area contributed by atoms with Gasteiger partial charge in [0.2, 0.25) is 0 Å². The third kappa shape index (κ3) is 24.2. The van der Waals surface area contributed by atoms with E-state index >= 15 is 0 Å². The van der Waals surface area contributed by atoms with E-state index in [9.17, 15) is 29.4 Å². The summed E-state index contributed by atoms with van der Waals surface area (Å²) < 4.78 is 10.9. The number of aliphatic hydroxyl groups is 2. The van der Waals surface area contributed by atoms with Crippen LogP contribution in [0, 0.1) is 0 Å². The minimum atomic E-state index is -3.45. The summed E-state index contributed by atoms with van der Waals surface area (Å²) in [7, 11) is 0. The van der Waals surface area contributed by atoms with E-state index in [0.717, 1.165) is 38.5 Å². The Morgan fingerprint density at radius 2 is 0.518 bits per heavy atom. The first kappa shape index (κ1) is 54.2. The largest absolute Gasteiger partial charge is 0.457 e. The van der Waals surface area contributed by atoms with E-state index in [1.807, 2.05) is 0 Å². The van der Waals surface area contributed by atoms with Gasteiger partial charge in [0.25, 0.3) is 11.2 Å². The lowest BCUT2D eigenvalue weighted by atomic mass is 9.73. The standard InChI is InChI=1S/C48H90O8/c1-9-11-13-15-17-19-21-23-25-27-29-31-33-35-37-39-41(49)47(53,43(51)55-45(3,4)5)48(54,44(52)56-46(6,7)8)42(50)40-38-36-34-32-30-28-26-24-22-20-18-16-14-12-10-2/h53-54H,9-40H2,1-8H3. The minimum Gasteiger partial charge on any atom is -0.457 e. The molecule has 8 heteroatoms. The summed E-state index contributed by atoms with van der Waals surface area (Å²) in [5, 5.41) is 24.0. The Labute approximate surface area is 344 Å². The number of hydrogen-bond acceptors (Lipinski definition) is 8. The molecule has 0 heterocycles. The van der Waals surface area contributed by atoms with Crippen LogP contribution < -0.4 is 0 Å². The van der Waals surface area contributed by atoms with Gasteiger partial charge in [0.15, 0.2) is 11.6 Å². The normalized spacial score (nSPS) is 14.2. The average molecular weight is 795 g/mol. The molecule has 56 heavy (non-hydrogen) atoms. The second-order valence-corrected chi connectivity index (χ2v) is 18.7. The van der Waals surface area contributed by atoms with Crippen LogP contribution in [0.5, 0.6) is 0 Å². The Hall–Kier alpha value is -1.80. The summed E-state index contributed by atoms with van der Waals surface area (Å²) in [5.41, 5.74) is -9.26. The molecule has 0 aromatic heterocycles. The molecular formula is C48H90O8. The maximum Gasteiger partial charge on any atom is 0.350 e. The number of carbonyl (C=O) groups is 4. The first-order valence-corrected chi connectivity index (χ1v) is 23.5. The van der Waals surface area contributed by atoms with E-state index in [1.165, 1.54) is 128 Å². The van der Waals surface area contributed by atoms with Gasteiger partial charge in [-0.25, -0.2) is 9.59 Å². The monoisotopic (exact) mass is 795 g/mol. The van der Waals surface area contributed by atoms with Crippen LogP contribution in [0.4, 0.5) is 0 Å². The highest BCUT2D eigenvalue weighted by Gasteiger charge is 2.70. The van der Waals surface area contributed by atoms with Gasteiger partial charge >= 0.3 is 11.9 Å². The van der Waals surface area contributed by atoms with Crippen molar-refractivity contribution in [3.63, 3.8) is 0 Å². The summed E-state index contributed by atoms with van der Waals surface area (Å²) in [5.74, 6) is -5.26. The van der Waals surface area contributed by atoms with Crippen molar-refractivity contribution in [2.45, 2.75) is 283 Å². The van der Waals surface area contributed by atoms with E-state index in [4.69, 9.17) is 9.47 Å². The van der Waals surface area contributed by atoms with Crippen molar-refractivity contribution in [3.8, 4) is 0 Å². The third-order valence-corrected chi connectivity index (χ3v) is 10.7. The summed E-state index contributed by atoms with van der Waals surface area (Å²) in [6, 6.07) is 0. The molecule has 0 saturated heterocycles. The van der Waals surface area contributed by atoms with E-state index < -0.39 is 45.9 Å². The molecule has 0 aliphatic heterocycles. The molecular weight excluding hydrogens is 705 g/mol. The zero-order chi connectivity index (χ0) is 42.4. The van der Waals surface area contributed by atoms with Gasteiger partial charge in [-0.1, -0.05) is 194 Å². The van der Waals surface area contributed by atoms with Crippen molar-refractivity contribution in [2.24, 2.45) is 0 Å². The zero-order valence-electron chi connectivity index (χ0n) is 38.0. The van der Waals surface area contributed by atoms with Crippen LogP contribution in [0.2, 0.25) is 0 Å². The fourth-order valence-corrected chi connectivity index (χ4v) is 7.31. The molecule has 0 radical (unpaired) electrons. The molecule has 0 aromatic rings. The van der Waals surface area contributed by atoms with Crippen LogP contribution in [0.15, 0.2) is 0 Å². The predicted molar refractivity (Wildman–Crippen MR) is 231 cm³/mol. The van der Waals surface area contributed by atoms with Gasteiger partial charge in [0.05, 0.1) is 0 Å². The van der Waals surface area contributed by atoms with E-state index in [0.29, 0.717) is 25.7 Å². The number of ether oxygens (including phenoxy) is 2. The number of unbranched alkanes of at least 4 members (excludes halogenated alkanes) is 28. The maximum atomic E-state index is 13.9. The summed E-state index contributed by atoms with van der Waals surface area (Å²) in [6.07, 6.45) is 33.3. The molecule has 0 fully saturated rings. The van der Waals surface area contributed by atoms with E-state index in [-0.39, 0.29) is 12.8 Å². The fourth-order valence-electron chi connectivity index (χ4n) is 7.31. The van der Waals surface area contributed by atoms with Crippen LogP contribution in [0.25, 0.3) is 0 Å². The number of esters is 2. The number of rotatable bonds is 37. The zero-order valence-corrected chi connectivity index (χ0v) is 38.0. The molecule has 0 bridgehead atoms. The molecule has 2 N–H and O–H groups in total. The Kier molecular flexibility index (Phi) is 30.2. The molecule has 0 aromatic carbocycles. The second-order valence-electron chi connectivity index (χ2n) is 18.7. The Balaban J connectivity index is 5.23. The molecule has 2 unspecified atom stereocenters. The highest BCUT2D eigenvalue weighted by molar-refractivity contribution is 6.22. The van der Waals surface area contributed by atoms with Gasteiger partial charge in [0.1, 0.15) is 11.2 Å². The molecule has 0 aliphatic rings. The molecule has 0 saturated carbocycles. The lowest BCUT2D eigenvalue weighted by molar-refractivity contribution is -0.221. The van der Waals surface area contributed by atoms with Crippen molar-refractivity contribution >= 4 is 23.5 Å². The first-order chi connectivity index (χ1) is 26.5. The number of hydrogen-bond donors (Lipinski definition) is 2. The second kappa shape index (κ2) is 31.2. The van der Waals surface area contributed by atoms with Crippen molar-refractivity contribution in [1.82, 2.24) is 0 Å². The van der Waals surface area contributed by atoms with Gasteiger partial charge in [-0.3, -0.25) is 9.59 Å². The van der Waals surface area contributed by atoms with Crippen LogP contribution in [-0.4, -0.2) is 56.1 Å². The van der Waals surface area contributed by atoms with Gasteiger partial charge in [-0.15, -0.1) is 0 Å². The summed E-state index contributed by atoms with van der Waals surface area (Å²) in [6.45, 7) is 13.8. The van der Waals surface area contributed by atoms with Crippen molar-refractivity contribution < 1.29 is 38.9 Å². The SMILES string of the molecule is CCCCCCCCCCCCCCCCCC(=O)C(O)(C(=O)OC(C)(C)C)C(O)(C(=O)CCCCCCCCCCCCCCCCC)C(=O)OC(C)(C)C. The molecule has 0 aliphatic carbocycles. The van der Waals surface area contributed by atoms with Crippen molar-refractivity contribution in [1.29, 1.82) is 0 Å². The number of ketones is 2. The summed E-state index contributed by atoms with van der Waals surface area (Å²) >= 11 is 0. The molecule has 2 atom stereocenters. The van der Waals surface area contributed by atoms with Gasteiger partial charge < -0.3 is 19.7 Å². The quantitative estimate of drug-likeness (QED) is 0.0361. The Morgan fingerprint density at radius 1 is 0.339 bits per heavy atom. The van der Waals surface area contributed by atoms with Crippen molar-refractivity contribution in [2.75, 3.05) is 0 Å². The highest BCUT2D eigenvalue weighted by atomic mass is 16.6. The van der Waals surface area contributed by atoms with Crippen LogP contribution in [0.3, 0.4) is 0 Å². The number of carbonyl (C=O) groups excluding carboxylic acids is 4. The molecule has 8 nitrogen and oxygen atoms in total. The van der Waals surface area contributed by atoms with Gasteiger partial charge in [-0.05, 0) is 54.4 Å². The summed E-state index contributed by atoms with van der Waals surface area (Å²) in [4.78, 5) is 55.2. The minimum absolute atomic E-state index is 0.300. The first-order valence-electron chi connectivity index (χ1n) is 23.5.